The molecule has 0 radical (unpaired) electrons. The van der Waals surface area contributed by atoms with Crippen LogP contribution in [0.4, 0.5) is 10.3 Å². The molecule has 2 aliphatic rings. The second-order valence-electron chi connectivity index (χ2n) is 10.3. The van der Waals surface area contributed by atoms with E-state index in [1.807, 2.05) is 13.3 Å². The normalized spacial score (nSPS) is 21.2. The number of sulfonamides is 1. The zero-order chi connectivity index (χ0) is 28.2. The van der Waals surface area contributed by atoms with E-state index in [-0.39, 0.29) is 25.6 Å². The first kappa shape index (κ1) is 28.1. The number of hydrogen-bond acceptors (Lipinski definition) is 10. The average Bonchev–Trinajstić information content (AvgIpc) is 3.62. The molecule has 1 fully saturated rings. The number of nitrogens with one attached hydrogen (secondary N) is 3. The molecule has 0 spiro atoms. The van der Waals surface area contributed by atoms with Gasteiger partial charge in [-0.2, -0.15) is 0 Å². The summed E-state index contributed by atoms with van der Waals surface area (Å²) >= 11 is 0. The van der Waals surface area contributed by atoms with Gasteiger partial charge in [0.25, 0.3) is 0 Å². The topological polar surface area (TPSA) is 147 Å². The van der Waals surface area contributed by atoms with Crippen LogP contribution in [0.15, 0.2) is 41.5 Å². The van der Waals surface area contributed by atoms with Crippen molar-refractivity contribution >= 4 is 22.3 Å². The number of anilines is 1. The molecule has 0 amide bonds. The van der Waals surface area contributed by atoms with E-state index in [1.165, 1.54) is 12.1 Å². The number of aromatic nitrogens is 4. The fraction of sp³-hybridized carbons (Fsp3) is 0.462. The number of imidazole rings is 1. The van der Waals surface area contributed by atoms with E-state index in [4.69, 9.17) is 19.4 Å². The number of benzene rings is 1. The summed E-state index contributed by atoms with van der Waals surface area (Å²) in [6.45, 7) is 5.98. The largest absolute Gasteiger partial charge is 0.361 e. The van der Waals surface area contributed by atoms with E-state index in [1.54, 1.807) is 24.4 Å². The van der Waals surface area contributed by atoms with Crippen LogP contribution in [0.1, 0.15) is 25.5 Å². The molecule has 1 saturated heterocycles. The minimum atomic E-state index is -3.34. The van der Waals surface area contributed by atoms with Gasteiger partial charge in [-0.15, -0.1) is 0 Å². The Morgan fingerprint density at radius 1 is 1.18 bits per heavy atom. The number of aliphatic imine (C=N–C) groups is 1. The highest BCUT2D eigenvalue weighted by atomic mass is 32.2. The van der Waals surface area contributed by atoms with Gasteiger partial charge < -0.3 is 24.7 Å². The number of ether oxygens (including phenoxy) is 2. The summed E-state index contributed by atoms with van der Waals surface area (Å²) in [5.74, 6) is 0.552. The van der Waals surface area contributed by atoms with Crippen LogP contribution in [-0.2, 0) is 19.5 Å². The van der Waals surface area contributed by atoms with Crippen molar-refractivity contribution in [1.29, 1.82) is 0 Å². The van der Waals surface area contributed by atoms with E-state index < -0.39 is 21.7 Å². The second-order valence-corrected chi connectivity index (χ2v) is 12.1. The lowest BCUT2D eigenvalue weighted by Gasteiger charge is -2.36. The molecule has 214 valence electrons. The molecule has 2 aromatic heterocycles. The summed E-state index contributed by atoms with van der Waals surface area (Å²) in [5, 5.41) is 3.27. The molecular formula is C26H33FN8O4S. The second kappa shape index (κ2) is 12.0. The Balaban J connectivity index is 1.33. The van der Waals surface area contributed by atoms with Crippen LogP contribution in [0.3, 0.4) is 0 Å². The molecule has 0 unspecified atom stereocenters. The van der Waals surface area contributed by atoms with Crippen LogP contribution >= 0.6 is 0 Å². The standard InChI is InChI=1S/C26H33FN8O4S/c1-26(14-31-40(2,36)37)15-38-24(39-16-26)23-33-21(18-4-6-19(27)7-5-18)22(34-23)20-8-10-30-25(32-20)29-9-3-12-35-13-11-28-17-35/h4-8,10,17,24,31H,3,9,11-16H2,1-2H3,(H,33,34)(H,29,30,32). The third-order valence-corrected chi connectivity index (χ3v) is 7.24. The van der Waals surface area contributed by atoms with Gasteiger partial charge in [0.2, 0.25) is 22.3 Å². The number of hydrogen-bond donors (Lipinski definition) is 3. The number of H-pyrrole nitrogens is 1. The van der Waals surface area contributed by atoms with Crippen molar-refractivity contribution < 1.29 is 22.3 Å². The van der Waals surface area contributed by atoms with E-state index in [0.29, 0.717) is 41.0 Å². The molecule has 2 aliphatic heterocycles. The summed E-state index contributed by atoms with van der Waals surface area (Å²) < 4.78 is 51.2. The Bertz CT molecular complexity index is 1440. The Morgan fingerprint density at radius 3 is 2.65 bits per heavy atom. The minimum Gasteiger partial charge on any atom is -0.361 e. The fourth-order valence-electron chi connectivity index (χ4n) is 4.37. The highest BCUT2D eigenvalue weighted by Crippen LogP contribution is 2.35. The van der Waals surface area contributed by atoms with Crippen molar-refractivity contribution in [3.8, 4) is 22.6 Å². The predicted molar refractivity (Wildman–Crippen MR) is 149 cm³/mol. The van der Waals surface area contributed by atoms with Crippen LogP contribution < -0.4 is 10.0 Å². The molecular weight excluding hydrogens is 539 g/mol. The predicted octanol–water partition coefficient (Wildman–Crippen LogP) is 2.42. The van der Waals surface area contributed by atoms with E-state index in [2.05, 4.69) is 29.9 Å². The van der Waals surface area contributed by atoms with Crippen molar-refractivity contribution in [2.45, 2.75) is 19.6 Å². The van der Waals surface area contributed by atoms with Gasteiger partial charge in [0.15, 0.2) is 5.82 Å². The highest BCUT2D eigenvalue weighted by Gasteiger charge is 2.35. The van der Waals surface area contributed by atoms with Crippen molar-refractivity contribution in [3.05, 3.63) is 48.2 Å². The molecule has 3 N–H and O–H groups in total. The number of halogens is 1. The molecule has 3 aromatic rings. The van der Waals surface area contributed by atoms with Crippen molar-refractivity contribution in [2.24, 2.45) is 10.4 Å². The van der Waals surface area contributed by atoms with Crippen molar-refractivity contribution in [2.75, 3.05) is 57.5 Å². The SMILES string of the molecule is CC1(CNS(C)(=O)=O)COC(c2nc(-c3ccc(F)cc3)c(-c3ccnc(NCCCN4C=NCC4)n3)[nH]2)OC1. The summed E-state index contributed by atoms with van der Waals surface area (Å²) in [6, 6.07) is 7.82. The lowest BCUT2D eigenvalue weighted by atomic mass is 9.92. The maximum atomic E-state index is 13.7. The Kier molecular flexibility index (Phi) is 8.40. The molecule has 0 aliphatic carbocycles. The summed E-state index contributed by atoms with van der Waals surface area (Å²) in [5.41, 5.74) is 1.92. The van der Waals surface area contributed by atoms with Gasteiger partial charge in [0.05, 0.1) is 49.4 Å². The van der Waals surface area contributed by atoms with Crippen LogP contribution in [0.5, 0.6) is 0 Å². The van der Waals surface area contributed by atoms with Gasteiger partial charge in [-0.05, 0) is 36.8 Å². The van der Waals surface area contributed by atoms with Crippen LogP contribution in [-0.4, -0.2) is 91.8 Å². The van der Waals surface area contributed by atoms with Gasteiger partial charge in [0, 0.05) is 43.4 Å². The fourth-order valence-corrected chi connectivity index (χ4v) is 4.98. The monoisotopic (exact) mass is 572 g/mol. The van der Waals surface area contributed by atoms with Gasteiger partial charge >= 0.3 is 0 Å². The Morgan fingerprint density at radius 2 is 1.95 bits per heavy atom. The smallest absolute Gasteiger partial charge is 0.223 e. The highest BCUT2D eigenvalue weighted by molar-refractivity contribution is 7.88. The molecule has 14 heteroatoms. The van der Waals surface area contributed by atoms with E-state index in [9.17, 15) is 12.8 Å². The Labute approximate surface area is 232 Å². The maximum Gasteiger partial charge on any atom is 0.223 e. The van der Waals surface area contributed by atoms with Crippen LogP contribution in [0.25, 0.3) is 22.6 Å². The van der Waals surface area contributed by atoms with Crippen molar-refractivity contribution in [1.82, 2.24) is 29.6 Å². The summed E-state index contributed by atoms with van der Waals surface area (Å²) in [6.07, 6.45) is 4.78. The lowest BCUT2D eigenvalue weighted by molar-refractivity contribution is -0.231. The first-order valence-electron chi connectivity index (χ1n) is 13.0. The molecule has 5 rings (SSSR count). The number of aromatic amines is 1. The van der Waals surface area contributed by atoms with E-state index >= 15 is 0 Å². The molecule has 4 heterocycles. The van der Waals surface area contributed by atoms with Crippen LogP contribution in [0.2, 0.25) is 0 Å². The summed E-state index contributed by atoms with van der Waals surface area (Å²) in [4.78, 5) is 23.5. The zero-order valence-corrected chi connectivity index (χ0v) is 23.2. The van der Waals surface area contributed by atoms with E-state index in [0.717, 1.165) is 32.3 Å². The average molecular weight is 573 g/mol. The molecule has 1 aromatic carbocycles. The minimum absolute atomic E-state index is 0.186. The molecule has 0 atom stereocenters. The van der Waals surface area contributed by atoms with Gasteiger partial charge in [0.1, 0.15) is 5.82 Å². The lowest BCUT2D eigenvalue weighted by Crippen LogP contribution is -2.45. The third-order valence-electron chi connectivity index (χ3n) is 6.57. The summed E-state index contributed by atoms with van der Waals surface area (Å²) in [7, 11) is -3.34. The van der Waals surface area contributed by atoms with Gasteiger partial charge in [-0.1, -0.05) is 6.92 Å². The number of nitrogens with zero attached hydrogens (tertiary/aromatic N) is 5. The van der Waals surface area contributed by atoms with Crippen LogP contribution in [0, 0.1) is 11.2 Å². The maximum absolute atomic E-state index is 13.7. The molecule has 40 heavy (non-hydrogen) atoms. The molecule has 12 nitrogen and oxygen atoms in total. The Hall–Kier alpha value is -3.46. The molecule has 0 bridgehead atoms. The van der Waals surface area contributed by atoms with Crippen molar-refractivity contribution in [3.63, 3.8) is 0 Å². The zero-order valence-electron chi connectivity index (χ0n) is 22.4. The first-order valence-corrected chi connectivity index (χ1v) is 14.9. The number of rotatable bonds is 11. The quantitative estimate of drug-likeness (QED) is 0.295. The van der Waals surface area contributed by atoms with Gasteiger partial charge in [-0.3, -0.25) is 4.99 Å². The van der Waals surface area contributed by atoms with Gasteiger partial charge in [-0.25, -0.2) is 32.5 Å². The first-order chi connectivity index (χ1) is 19.2. The third kappa shape index (κ3) is 7.18. The molecule has 0 saturated carbocycles.